The molecule has 3 N–H and O–H groups in total. The van der Waals surface area contributed by atoms with E-state index in [-0.39, 0.29) is 5.75 Å². The maximum Gasteiger partial charge on any atom is 0.303 e. The summed E-state index contributed by atoms with van der Waals surface area (Å²) in [6, 6.07) is 5.30. The van der Waals surface area contributed by atoms with Gasteiger partial charge in [-0.25, -0.2) is 0 Å². The molecule has 2 aromatic rings. The molecule has 0 spiro atoms. The summed E-state index contributed by atoms with van der Waals surface area (Å²) in [5.41, 5.74) is 0.856. The number of benzene rings is 1. The molecule has 0 saturated heterocycles. The van der Waals surface area contributed by atoms with Crippen LogP contribution in [0.1, 0.15) is 96.8 Å². The molecule has 0 amide bonds. The number of aromatic nitrogens is 1. The predicted octanol–water partition coefficient (Wildman–Crippen LogP) is 8.64. The normalized spacial score (nSPS) is 11.0. The fourth-order valence-electron chi connectivity index (χ4n) is 3.43. The minimum atomic E-state index is -0.664. The number of aromatic amines is 1. The molecule has 31 heavy (non-hydrogen) atoms. The predicted molar refractivity (Wildman–Crippen MR) is 132 cm³/mol. The molecule has 0 fully saturated rings. The van der Waals surface area contributed by atoms with E-state index in [0.29, 0.717) is 11.4 Å². The molecule has 174 valence electrons. The van der Waals surface area contributed by atoms with Crippen molar-refractivity contribution in [2.24, 2.45) is 0 Å². The van der Waals surface area contributed by atoms with Crippen molar-refractivity contribution in [3.63, 3.8) is 0 Å². The summed E-state index contributed by atoms with van der Waals surface area (Å²) in [4.78, 5) is 13.2. The topological polar surface area (TPSA) is 73.3 Å². The van der Waals surface area contributed by atoms with E-state index in [2.05, 4.69) is 24.1 Å². The van der Waals surface area contributed by atoms with Gasteiger partial charge in [0.2, 0.25) is 0 Å². The number of carboxylic acids is 1. The van der Waals surface area contributed by atoms with Crippen LogP contribution in [0.4, 0.5) is 0 Å². The van der Waals surface area contributed by atoms with Gasteiger partial charge in [-0.15, -0.1) is 0 Å². The molecule has 0 aliphatic rings. The second-order valence-corrected chi connectivity index (χ2v) is 8.53. The van der Waals surface area contributed by atoms with E-state index < -0.39 is 5.97 Å². The molecular formula is C26H40ClNO3. The number of hydrogen-bond acceptors (Lipinski definition) is 2. The third kappa shape index (κ3) is 13.9. The minimum Gasteiger partial charge on any atom is -0.506 e. The van der Waals surface area contributed by atoms with Crippen LogP contribution in [0.15, 0.2) is 36.5 Å². The number of hydrogen-bond donors (Lipinski definition) is 3. The first-order chi connectivity index (χ1) is 15.0. The number of carbonyl (C=O) groups is 1. The number of carboxylic acid groups (broad SMARTS) is 1. The van der Waals surface area contributed by atoms with Crippen molar-refractivity contribution in [3.05, 3.63) is 41.6 Å². The largest absolute Gasteiger partial charge is 0.506 e. The average Bonchev–Trinajstić information content (AvgIpc) is 3.11. The van der Waals surface area contributed by atoms with Crippen molar-refractivity contribution in [1.82, 2.24) is 4.98 Å². The molecule has 5 heteroatoms. The summed E-state index contributed by atoms with van der Waals surface area (Å²) in [7, 11) is 0. The van der Waals surface area contributed by atoms with Crippen LogP contribution in [-0.2, 0) is 4.79 Å². The van der Waals surface area contributed by atoms with Crippen molar-refractivity contribution >= 4 is 28.5 Å². The number of fused-ring (bicyclic) bond motifs is 1. The smallest absolute Gasteiger partial charge is 0.303 e. The fourth-order valence-corrected chi connectivity index (χ4v) is 3.60. The Morgan fingerprint density at radius 1 is 0.935 bits per heavy atom. The Bertz CT molecular complexity index is 754. The number of unbranched alkanes of at least 4 members (excludes halogenated alkanes) is 11. The van der Waals surface area contributed by atoms with Gasteiger partial charge in [-0.05, 0) is 50.3 Å². The maximum absolute atomic E-state index is 10.3. The van der Waals surface area contributed by atoms with Gasteiger partial charge in [-0.2, -0.15) is 0 Å². The van der Waals surface area contributed by atoms with Gasteiger partial charge in [0.15, 0.2) is 0 Å². The Kier molecular flexibility index (Phi) is 15.5. The van der Waals surface area contributed by atoms with Crippen LogP contribution in [0.5, 0.6) is 5.75 Å². The maximum atomic E-state index is 10.3. The van der Waals surface area contributed by atoms with Crippen LogP contribution in [0, 0.1) is 0 Å². The van der Waals surface area contributed by atoms with Crippen LogP contribution >= 0.6 is 11.6 Å². The van der Waals surface area contributed by atoms with Gasteiger partial charge >= 0.3 is 5.97 Å². The van der Waals surface area contributed by atoms with E-state index in [1.807, 2.05) is 0 Å². The number of nitrogens with one attached hydrogen (secondary N) is 1. The van der Waals surface area contributed by atoms with E-state index in [1.165, 1.54) is 70.6 Å². The summed E-state index contributed by atoms with van der Waals surface area (Å²) in [5, 5.41) is 19.2. The van der Waals surface area contributed by atoms with Crippen molar-refractivity contribution in [3.8, 4) is 5.75 Å². The first kappa shape index (κ1) is 27.1. The standard InChI is InChI=1S/C18H34O2.C8H6ClNO/c1-2-3-4-5-6-7-8-9-10-11-12-13-14-15-16-17-18(19)20;9-5-1-2-6-7(3-5)10-4-8(6)11/h9-10H,2-8,11-17H2,1H3,(H,19,20);1-4,10-11H/b10-9-;. The van der Waals surface area contributed by atoms with Crippen LogP contribution in [0.25, 0.3) is 10.9 Å². The van der Waals surface area contributed by atoms with Gasteiger partial charge in [0.1, 0.15) is 5.75 Å². The van der Waals surface area contributed by atoms with Gasteiger partial charge in [-0.3, -0.25) is 4.79 Å². The summed E-state index contributed by atoms with van der Waals surface area (Å²) < 4.78 is 0. The lowest BCUT2D eigenvalue weighted by Crippen LogP contribution is -1.93. The van der Waals surface area contributed by atoms with Crippen molar-refractivity contribution < 1.29 is 15.0 Å². The Morgan fingerprint density at radius 2 is 1.52 bits per heavy atom. The first-order valence-electron chi connectivity index (χ1n) is 11.9. The third-order valence-corrected chi connectivity index (χ3v) is 5.51. The molecule has 0 bridgehead atoms. The zero-order valence-corrected chi connectivity index (χ0v) is 19.8. The monoisotopic (exact) mass is 449 g/mol. The van der Waals surface area contributed by atoms with E-state index in [9.17, 15) is 9.90 Å². The summed E-state index contributed by atoms with van der Waals surface area (Å²) in [6.07, 6.45) is 22.8. The van der Waals surface area contributed by atoms with Gasteiger partial charge in [0, 0.05) is 23.0 Å². The average molecular weight is 450 g/mol. The molecule has 0 radical (unpaired) electrons. The van der Waals surface area contributed by atoms with Crippen molar-refractivity contribution in [2.75, 3.05) is 0 Å². The summed E-state index contributed by atoms with van der Waals surface area (Å²) in [5.74, 6) is -0.403. The summed E-state index contributed by atoms with van der Waals surface area (Å²) in [6.45, 7) is 2.26. The van der Waals surface area contributed by atoms with E-state index in [4.69, 9.17) is 16.7 Å². The lowest BCUT2D eigenvalue weighted by Gasteiger charge is -1.99. The van der Waals surface area contributed by atoms with Crippen molar-refractivity contribution in [2.45, 2.75) is 96.8 Å². The van der Waals surface area contributed by atoms with Gasteiger partial charge < -0.3 is 15.2 Å². The molecule has 0 atom stereocenters. The fraction of sp³-hybridized carbons (Fsp3) is 0.577. The molecule has 2 rings (SSSR count). The van der Waals surface area contributed by atoms with Gasteiger partial charge in [0.25, 0.3) is 0 Å². The second-order valence-electron chi connectivity index (χ2n) is 8.09. The van der Waals surface area contributed by atoms with E-state index >= 15 is 0 Å². The van der Waals surface area contributed by atoms with Crippen LogP contribution in [0.3, 0.4) is 0 Å². The SMILES string of the molecule is CCCCCCCC/C=C\CCCCCCCC(=O)O.Oc1c[nH]c2cc(Cl)ccc12. The van der Waals surface area contributed by atoms with E-state index in [0.717, 1.165) is 23.7 Å². The van der Waals surface area contributed by atoms with Gasteiger partial charge in [-0.1, -0.05) is 82.0 Å². The quantitative estimate of drug-likeness (QED) is 0.188. The Labute approximate surface area is 192 Å². The highest BCUT2D eigenvalue weighted by atomic mass is 35.5. The highest BCUT2D eigenvalue weighted by Gasteiger charge is 2.00. The zero-order valence-electron chi connectivity index (χ0n) is 19.0. The minimum absolute atomic E-state index is 0.261. The zero-order chi connectivity index (χ0) is 22.7. The lowest BCUT2D eigenvalue weighted by atomic mass is 10.1. The molecule has 4 nitrogen and oxygen atoms in total. The molecule has 0 aliphatic carbocycles. The number of H-pyrrole nitrogens is 1. The molecule has 1 aromatic heterocycles. The number of rotatable bonds is 15. The molecule has 1 heterocycles. The number of allylic oxidation sites excluding steroid dienone is 2. The van der Waals surface area contributed by atoms with Crippen LogP contribution < -0.4 is 0 Å². The van der Waals surface area contributed by atoms with Gasteiger partial charge in [0.05, 0.1) is 5.52 Å². The van der Waals surface area contributed by atoms with Crippen molar-refractivity contribution in [1.29, 1.82) is 0 Å². The molecular weight excluding hydrogens is 410 g/mol. The molecule has 0 unspecified atom stereocenters. The second kappa shape index (κ2) is 17.7. The van der Waals surface area contributed by atoms with Crippen LogP contribution in [0.2, 0.25) is 5.02 Å². The number of aliphatic carboxylic acids is 1. The number of aromatic hydroxyl groups is 1. The van der Waals surface area contributed by atoms with Crippen LogP contribution in [-0.4, -0.2) is 21.2 Å². The Balaban J connectivity index is 0.000000361. The molecule has 0 aliphatic heterocycles. The Morgan fingerprint density at radius 3 is 2.13 bits per heavy atom. The third-order valence-electron chi connectivity index (χ3n) is 5.27. The Hall–Kier alpha value is -1.94. The number of halogens is 1. The molecule has 0 saturated carbocycles. The first-order valence-corrected chi connectivity index (χ1v) is 12.2. The highest BCUT2D eigenvalue weighted by Crippen LogP contribution is 2.25. The highest BCUT2D eigenvalue weighted by molar-refractivity contribution is 6.31. The molecule has 1 aromatic carbocycles. The van der Waals surface area contributed by atoms with E-state index in [1.54, 1.807) is 24.4 Å². The lowest BCUT2D eigenvalue weighted by molar-refractivity contribution is -0.137. The summed E-state index contributed by atoms with van der Waals surface area (Å²) >= 11 is 5.73.